The first kappa shape index (κ1) is 18.8. The molecule has 0 aliphatic carbocycles. The fourth-order valence-corrected chi connectivity index (χ4v) is 3.40. The van der Waals surface area contributed by atoms with Crippen molar-refractivity contribution in [3.05, 3.63) is 76.9 Å². The number of hydrogen-bond acceptors (Lipinski definition) is 4. The number of carbonyl (C=O) groups excluding carboxylic acids is 1. The largest absolute Gasteiger partial charge is 0.325 e. The lowest BCUT2D eigenvalue weighted by molar-refractivity contribution is -0.113. The molecule has 0 fully saturated rings. The van der Waals surface area contributed by atoms with Crippen LogP contribution in [-0.2, 0) is 11.3 Å². The number of thioether (sulfide) groups is 1. The number of hydrogen-bond donors (Lipinski definition) is 1. The number of rotatable bonds is 6. The van der Waals surface area contributed by atoms with Gasteiger partial charge in [0.15, 0.2) is 5.16 Å². The first-order valence-electron chi connectivity index (χ1n) is 8.29. The summed E-state index contributed by atoms with van der Waals surface area (Å²) in [5.74, 6) is -0.682. The predicted octanol–water partition coefficient (Wildman–Crippen LogP) is 3.76. The Balaban J connectivity index is 1.82. The average molecular weight is 383 g/mol. The van der Waals surface area contributed by atoms with E-state index in [4.69, 9.17) is 0 Å². The van der Waals surface area contributed by atoms with E-state index in [9.17, 15) is 14.0 Å². The van der Waals surface area contributed by atoms with Crippen LogP contribution >= 0.6 is 11.8 Å². The van der Waals surface area contributed by atoms with Gasteiger partial charge in [0.05, 0.1) is 16.7 Å². The van der Waals surface area contributed by atoms with E-state index in [0.29, 0.717) is 28.3 Å². The van der Waals surface area contributed by atoms with Crippen molar-refractivity contribution in [1.82, 2.24) is 9.55 Å². The molecule has 2 aromatic carbocycles. The summed E-state index contributed by atoms with van der Waals surface area (Å²) in [6.07, 6.45) is 1.61. The van der Waals surface area contributed by atoms with Crippen LogP contribution in [0.5, 0.6) is 0 Å². The molecule has 3 aromatic rings. The van der Waals surface area contributed by atoms with Gasteiger partial charge in [-0.1, -0.05) is 36.0 Å². The number of fused-ring (bicyclic) bond motifs is 1. The van der Waals surface area contributed by atoms with Gasteiger partial charge < -0.3 is 5.32 Å². The van der Waals surface area contributed by atoms with Crippen LogP contribution in [-0.4, -0.2) is 21.2 Å². The first-order valence-corrected chi connectivity index (χ1v) is 9.27. The monoisotopic (exact) mass is 383 g/mol. The van der Waals surface area contributed by atoms with E-state index < -0.39 is 5.82 Å². The molecule has 0 bridgehead atoms. The number of amides is 1. The summed E-state index contributed by atoms with van der Waals surface area (Å²) in [4.78, 5) is 29.5. The Morgan fingerprint density at radius 3 is 2.89 bits per heavy atom. The van der Waals surface area contributed by atoms with Gasteiger partial charge in [0.2, 0.25) is 5.91 Å². The Morgan fingerprint density at radius 2 is 2.11 bits per heavy atom. The Labute approximate surface area is 159 Å². The van der Waals surface area contributed by atoms with Crippen molar-refractivity contribution in [1.29, 1.82) is 0 Å². The number of para-hydroxylation sites is 1. The van der Waals surface area contributed by atoms with Crippen molar-refractivity contribution in [2.24, 2.45) is 0 Å². The van der Waals surface area contributed by atoms with Crippen molar-refractivity contribution in [3.8, 4) is 0 Å². The van der Waals surface area contributed by atoms with E-state index in [1.807, 2.05) is 0 Å². The third-order valence-electron chi connectivity index (χ3n) is 3.94. The Morgan fingerprint density at radius 1 is 1.33 bits per heavy atom. The second-order valence-corrected chi connectivity index (χ2v) is 6.85. The van der Waals surface area contributed by atoms with Gasteiger partial charge >= 0.3 is 0 Å². The van der Waals surface area contributed by atoms with Crippen molar-refractivity contribution in [2.75, 3.05) is 11.1 Å². The number of aryl methyl sites for hydroxylation is 1. The molecule has 1 N–H and O–H groups in total. The number of nitrogens with zero attached hydrogens (tertiary/aromatic N) is 2. The summed E-state index contributed by atoms with van der Waals surface area (Å²) in [6, 6.07) is 11.3. The maximum atomic E-state index is 13.4. The third-order valence-corrected chi connectivity index (χ3v) is 4.92. The molecule has 0 unspecified atom stereocenters. The minimum absolute atomic E-state index is 0.0396. The van der Waals surface area contributed by atoms with Gasteiger partial charge in [0, 0.05) is 12.2 Å². The highest BCUT2D eigenvalue weighted by Gasteiger charge is 2.13. The highest BCUT2D eigenvalue weighted by atomic mass is 32.2. The number of allylic oxidation sites excluding steroid dienone is 1. The molecular formula is C20H18FN3O2S. The third kappa shape index (κ3) is 4.25. The van der Waals surface area contributed by atoms with E-state index in [1.165, 1.54) is 16.7 Å². The van der Waals surface area contributed by atoms with Crippen LogP contribution < -0.4 is 10.9 Å². The Hall–Kier alpha value is -2.93. The number of nitrogens with one attached hydrogen (secondary N) is 1. The number of halogens is 1. The van der Waals surface area contributed by atoms with Crippen LogP contribution in [0.3, 0.4) is 0 Å². The lowest BCUT2D eigenvalue weighted by Crippen LogP contribution is -2.23. The fraction of sp³-hybridized carbons (Fsp3) is 0.150. The molecule has 1 aromatic heterocycles. The van der Waals surface area contributed by atoms with Gasteiger partial charge in [-0.2, -0.15) is 0 Å². The van der Waals surface area contributed by atoms with Crippen LogP contribution in [0, 0.1) is 12.7 Å². The van der Waals surface area contributed by atoms with Crippen LogP contribution in [0.4, 0.5) is 10.1 Å². The molecule has 0 aliphatic rings. The summed E-state index contributed by atoms with van der Waals surface area (Å²) < 4.78 is 14.9. The highest BCUT2D eigenvalue weighted by Crippen LogP contribution is 2.20. The topological polar surface area (TPSA) is 64.0 Å². The van der Waals surface area contributed by atoms with E-state index in [2.05, 4.69) is 16.9 Å². The number of benzene rings is 2. The number of anilines is 1. The molecule has 27 heavy (non-hydrogen) atoms. The van der Waals surface area contributed by atoms with Crippen LogP contribution in [0.25, 0.3) is 10.9 Å². The summed E-state index contributed by atoms with van der Waals surface area (Å²) in [5, 5.41) is 3.64. The summed E-state index contributed by atoms with van der Waals surface area (Å²) in [5.41, 5.74) is 1.59. The van der Waals surface area contributed by atoms with E-state index >= 15 is 0 Å². The molecule has 7 heteroatoms. The van der Waals surface area contributed by atoms with E-state index in [-0.39, 0.29) is 17.2 Å². The molecule has 0 spiro atoms. The smallest absolute Gasteiger partial charge is 0.262 e. The maximum absolute atomic E-state index is 13.4. The van der Waals surface area contributed by atoms with Crippen molar-refractivity contribution in [2.45, 2.75) is 18.6 Å². The predicted molar refractivity (Wildman–Crippen MR) is 107 cm³/mol. The molecule has 0 atom stereocenters. The number of carbonyl (C=O) groups is 1. The van der Waals surface area contributed by atoms with E-state index in [1.54, 1.807) is 43.3 Å². The van der Waals surface area contributed by atoms with Crippen LogP contribution in [0.15, 0.2) is 65.1 Å². The molecule has 0 radical (unpaired) electrons. The SMILES string of the molecule is C=CCn1c(SCC(=O)Nc2cc(F)ccc2C)nc2ccccc2c1=O. The highest BCUT2D eigenvalue weighted by molar-refractivity contribution is 7.99. The first-order chi connectivity index (χ1) is 13.0. The van der Waals surface area contributed by atoms with Gasteiger partial charge in [-0.15, -0.1) is 6.58 Å². The van der Waals surface area contributed by atoms with Gasteiger partial charge in [-0.3, -0.25) is 14.2 Å². The molecule has 0 saturated carbocycles. The molecule has 3 rings (SSSR count). The van der Waals surface area contributed by atoms with Gasteiger partial charge in [0.25, 0.3) is 5.56 Å². The fourth-order valence-electron chi connectivity index (χ4n) is 2.59. The second kappa shape index (κ2) is 8.18. The minimum Gasteiger partial charge on any atom is -0.325 e. The minimum atomic E-state index is -0.417. The quantitative estimate of drug-likeness (QED) is 0.400. The van der Waals surface area contributed by atoms with Crippen molar-refractivity contribution in [3.63, 3.8) is 0 Å². The summed E-state index contributed by atoms with van der Waals surface area (Å²) >= 11 is 1.15. The molecule has 1 amide bonds. The molecule has 0 aliphatic heterocycles. The molecule has 1 heterocycles. The van der Waals surface area contributed by atoms with Gasteiger partial charge in [0.1, 0.15) is 5.82 Å². The molecular weight excluding hydrogens is 365 g/mol. The lowest BCUT2D eigenvalue weighted by atomic mass is 10.2. The second-order valence-electron chi connectivity index (χ2n) is 5.91. The summed E-state index contributed by atoms with van der Waals surface area (Å²) in [7, 11) is 0. The zero-order valence-electron chi connectivity index (χ0n) is 14.7. The molecule has 138 valence electrons. The van der Waals surface area contributed by atoms with Gasteiger partial charge in [-0.05, 0) is 36.8 Å². The molecule has 0 saturated heterocycles. The molecule has 5 nitrogen and oxygen atoms in total. The normalized spacial score (nSPS) is 10.7. The van der Waals surface area contributed by atoms with Crippen LogP contribution in [0.1, 0.15) is 5.56 Å². The van der Waals surface area contributed by atoms with E-state index in [0.717, 1.165) is 17.3 Å². The lowest BCUT2D eigenvalue weighted by Gasteiger charge is -2.12. The average Bonchev–Trinajstić information content (AvgIpc) is 2.66. The van der Waals surface area contributed by atoms with Crippen molar-refractivity contribution < 1.29 is 9.18 Å². The van der Waals surface area contributed by atoms with Crippen LogP contribution in [0.2, 0.25) is 0 Å². The van der Waals surface area contributed by atoms with Gasteiger partial charge in [-0.25, -0.2) is 9.37 Å². The maximum Gasteiger partial charge on any atom is 0.262 e. The Bertz CT molecular complexity index is 1080. The Kier molecular flexibility index (Phi) is 5.71. The van der Waals surface area contributed by atoms with Crippen molar-refractivity contribution >= 4 is 34.3 Å². The zero-order valence-corrected chi connectivity index (χ0v) is 15.6. The summed E-state index contributed by atoms with van der Waals surface area (Å²) in [6.45, 7) is 5.76. The standard InChI is InChI=1S/C20H18FN3O2S/c1-3-10-24-19(26)15-6-4-5-7-16(15)23-20(24)27-12-18(25)22-17-11-14(21)9-8-13(17)2/h3-9,11H,1,10,12H2,2H3,(H,22,25). The zero-order chi connectivity index (χ0) is 19.4. The number of aromatic nitrogens is 2.